The number of hydrogen-bond acceptors (Lipinski definition) is 4. The summed E-state index contributed by atoms with van der Waals surface area (Å²) in [6, 6.07) is 10.4. The summed E-state index contributed by atoms with van der Waals surface area (Å²) in [5.74, 6) is -0.286. The maximum absolute atomic E-state index is 13.0. The SMILES string of the molecule is CN(Cc1ccc(Br)s1)C(=O)c1ccccc1S(=O)(=O)N1CCCCC1. The van der Waals surface area contributed by atoms with Crippen molar-refractivity contribution in [1.82, 2.24) is 9.21 Å². The number of sulfonamides is 1. The number of halogens is 1. The quantitative estimate of drug-likeness (QED) is 0.683. The standard InChI is InChI=1S/C18H21BrN2O3S2/c1-20(13-14-9-10-17(19)25-14)18(22)15-7-3-4-8-16(15)26(23,24)21-11-5-2-6-12-21/h3-4,7-10H,2,5-6,11-13H2,1H3. The van der Waals surface area contributed by atoms with Crippen molar-refractivity contribution in [3.63, 3.8) is 0 Å². The highest BCUT2D eigenvalue weighted by molar-refractivity contribution is 9.11. The van der Waals surface area contributed by atoms with Crippen LogP contribution in [-0.2, 0) is 16.6 Å². The lowest BCUT2D eigenvalue weighted by atomic mass is 10.2. The zero-order chi connectivity index (χ0) is 18.7. The Morgan fingerprint density at radius 2 is 1.85 bits per heavy atom. The molecule has 1 aliphatic rings. The number of carbonyl (C=O) groups is 1. The second kappa shape index (κ2) is 8.21. The molecule has 26 heavy (non-hydrogen) atoms. The molecule has 0 saturated carbocycles. The van der Waals surface area contributed by atoms with Crippen molar-refractivity contribution < 1.29 is 13.2 Å². The summed E-state index contributed by atoms with van der Waals surface area (Å²) in [5, 5.41) is 0. The molecule has 2 aromatic rings. The van der Waals surface area contributed by atoms with E-state index in [1.807, 2.05) is 12.1 Å². The van der Waals surface area contributed by atoms with Crippen molar-refractivity contribution in [3.8, 4) is 0 Å². The first-order valence-corrected chi connectivity index (χ1v) is 11.5. The molecule has 1 aliphatic heterocycles. The first-order valence-electron chi connectivity index (χ1n) is 8.48. The lowest BCUT2D eigenvalue weighted by Crippen LogP contribution is -2.37. The van der Waals surface area contributed by atoms with E-state index in [0.717, 1.165) is 27.9 Å². The Bertz CT molecular complexity index is 889. The van der Waals surface area contributed by atoms with Crippen LogP contribution < -0.4 is 0 Å². The molecule has 0 aliphatic carbocycles. The average molecular weight is 457 g/mol. The minimum atomic E-state index is -3.66. The number of hydrogen-bond donors (Lipinski definition) is 0. The van der Waals surface area contributed by atoms with Gasteiger partial charge < -0.3 is 4.90 Å². The van der Waals surface area contributed by atoms with Gasteiger partial charge in [-0.15, -0.1) is 11.3 Å². The van der Waals surface area contributed by atoms with Gasteiger partial charge >= 0.3 is 0 Å². The van der Waals surface area contributed by atoms with E-state index in [0.29, 0.717) is 19.6 Å². The largest absolute Gasteiger partial charge is 0.337 e. The molecule has 140 valence electrons. The molecule has 3 rings (SSSR count). The van der Waals surface area contributed by atoms with E-state index < -0.39 is 10.0 Å². The molecule has 1 fully saturated rings. The highest BCUT2D eigenvalue weighted by Gasteiger charge is 2.30. The number of amides is 1. The smallest absolute Gasteiger partial charge is 0.255 e. The monoisotopic (exact) mass is 456 g/mol. The summed E-state index contributed by atoms with van der Waals surface area (Å²) in [4.78, 5) is 15.6. The Morgan fingerprint density at radius 1 is 1.15 bits per heavy atom. The molecule has 0 N–H and O–H groups in total. The number of benzene rings is 1. The van der Waals surface area contributed by atoms with Crippen LogP contribution in [-0.4, -0.2) is 43.7 Å². The van der Waals surface area contributed by atoms with Crippen LogP contribution in [0.5, 0.6) is 0 Å². The summed E-state index contributed by atoms with van der Waals surface area (Å²) < 4.78 is 28.6. The predicted molar refractivity (Wildman–Crippen MR) is 107 cm³/mol. The Balaban J connectivity index is 1.87. The zero-order valence-electron chi connectivity index (χ0n) is 14.5. The molecule has 1 aromatic carbocycles. The Hall–Kier alpha value is -1.22. The van der Waals surface area contributed by atoms with Crippen LogP contribution in [0.15, 0.2) is 45.1 Å². The van der Waals surface area contributed by atoms with Crippen LogP contribution in [0.3, 0.4) is 0 Å². The Morgan fingerprint density at radius 3 is 2.50 bits per heavy atom. The summed E-state index contributed by atoms with van der Waals surface area (Å²) in [7, 11) is -1.96. The second-order valence-corrected chi connectivity index (χ2v) is 10.8. The van der Waals surface area contributed by atoms with Crippen LogP contribution in [0.4, 0.5) is 0 Å². The average Bonchev–Trinajstić information content (AvgIpc) is 3.06. The van der Waals surface area contributed by atoms with Gasteiger partial charge in [0.15, 0.2) is 0 Å². The van der Waals surface area contributed by atoms with Crippen molar-refractivity contribution in [3.05, 3.63) is 50.6 Å². The first-order chi connectivity index (χ1) is 12.4. The highest BCUT2D eigenvalue weighted by Crippen LogP contribution is 2.26. The maximum atomic E-state index is 13.0. The maximum Gasteiger partial charge on any atom is 0.255 e. The third-order valence-corrected chi connectivity index (χ3v) is 7.98. The molecule has 5 nitrogen and oxygen atoms in total. The fourth-order valence-corrected chi connectivity index (χ4v) is 6.30. The fraction of sp³-hybridized carbons (Fsp3) is 0.389. The van der Waals surface area contributed by atoms with Crippen LogP contribution in [0.25, 0.3) is 0 Å². The molecule has 0 unspecified atom stereocenters. The normalized spacial score (nSPS) is 15.8. The van der Waals surface area contributed by atoms with Gasteiger partial charge in [-0.05, 0) is 53.0 Å². The van der Waals surface area contributed by atoms with E-state index in [4.69, 9.17) is 0 Å². The lowest BCUT2D eigenvalue weighted by Gasteiger charge is -2.27. The number of carbonyl (C=O) groups excluding carboxylic acids is 1. The molecular formula is C18H21BrN2O3S2. The van der Waals surface area contributed by atoms with Crippen LogP contribution in [0, 0.1) is 0 Å². The molecule has 0 radical (unpaired) electrons. The van der Waals surface area contributed by atoms with E-state index in [1.54, 1.807) is 41.5 Å². The predicted octanol–water partition coefficient (Wildman–Crippen LogP) is 3.96. The number of piperidine rings is 1. The molecule has 0 spiro atoms. The van der Waals surface area contributed by atoms with Crippen molar-refractivity contribution in [1.29, 1.82) is 0 Å². The third kappa shape index (κ3) is 4.19. The van der Waals surface area contributed by atoms with Gasteiger partial charge in [-0.3, -0.25) is 4.79 Å². The molecule has 1 amide bonds. The number of rotatable bonds is 5. The van der Waals surface area contributed by atoms with Crippen LogP contribution in [0.1, 0.15) is 34.5 Å². The molecule has 8 heteroatoms. The van der Waals surface area contributed by atoms with E-state index in [-0.39, 0.29) is 16.4 Å². The summed E-state index contributed by atoms with van der Waals surface area (Å²) in [6.07, 6.45) is 2.77. The zero-order valence-corrected chi connectivity index (χ0v) is 17.7. The molecule has 0 atom stereocenters. The van der Waals surface area contributed by atoms with Crippen molar-refractivity contribution >= 4 is 43.2 Å². The molecule has 1 saturated heterocycles. The van der Waals surface area contributed by atoms with Gasteiger partial charge in [0.25, 0.3) is 5.91 Å². The first kappa shape index (κ1) is 19.5. The molecule has 1 aromatic heterocycles. The number of nitrogens with zero attached hydrogens (tertiary/aromatic N) is 2. The van der Waals surface area contributed by atoms with Crippen LogP contribution >= 0.6 is 27.3 Å². The van der Waals surface area contributed by atoms with E-state index in [1.165, 1.54) is 10.4 Å². The summed E-state index contributed by atoms with van der Waals surface area (Å²) in [6.45, 7) is 1.47. The fourth-order valence-electron chi connectivity index (χ4n) is 3.06. The van der Waals surface area contributed by atoms with E-state index >= 15 is 0 Å². The molecular weight excluding hydrogens is 436 g/mol. The van der Waals surface area contributed by atoms with Crippen molar-refractivity contribution in [2.75, 3.05) is 20.1 Å². The van der Waals surface area contributed by atoms with Crippen LogP contribution in [0.2, 0.25) is 0 Å². The van der Waals surface area contributed by atoms with Gasteiger partial charge in [0.05, 0.1) is 20.8 Å². The molecule has 0 bridgehead atoms. The Kier molecular flexibility index (Phi) is 6.17. The third-order valence-electron chi connectivity index (χ3n) is 4.42. The van der Waals surface area contributed by atoms with E-state index in [2.05, 4.69) is 15.9 Å². The van der Waals surface area contributed by atoms with Gasteiger partial charge in [-0.25, -0.2) is 8.42 Å². The van der Waals surface area contributed by atoms with E-state index in [9.17, 15) is 13.2 Å². The van der Waals surface area contributed by atoms with Gasteiger partial charge in [-0.1, -0.05) is 18.6 Å². The summed E-state index contributed by atoms with van der Waals surface area (Å²) >= 11 is 4.97. The lowest BCUT2D eigenvalue weighted by molar-refractivity contribution is 0.0782. The minimum absolute atomic E-state index is 0.103. The highest BCUT2D eigenvalue weighted by atomic mass is 79.9. The Labute approximate surface area is 166 Å². The van der Waals surface area contributed by atoms with Crippen molar-refractivity contribution in [2.45, 2.75) is 30.7 Å². The van der Waals surface area contributed by atoms with Gasteiger partial charge in [-0.2, -0.15) is 4.31 Å². The summed E-state index contributed by atoms with van der Waals surface area (Å²) in [5.41, 5.74) is 0.233. The van der Waals surface area contributed by atoms with Crippen molar-refractivity contribution in [2.24, 2.45) is 0 Å². The van der Waals surface area contributed by atoms with Gasteiger partial charge in [0, 0.05) is 25.0 Å². The molecule has 2 heterocycles. The second-order valence-electron chi connectivity index (χ2n) is 6.33. The van der Waals surface area contributed by atoms with Gasteiger partial charge in [0.2, 0.25) is 10.0 Å². The number of thiophene rings is 1. The topological polar surface area (TPSA) is 57.7 Å². The minimum Gasteiger partial charge on any atom is -0.337 e. The van der Waals surface area contributed by atoms with Gasteiger partial charge in [0.1, 0.15) is 0 Å².